The number of benzene rings is 3. The third-order valence-corrected chi connectivity index (χ3v) is 4.91. The van der Waals surface area contributed by atoms with Gasteiger partial charge in [-0.2, -0.15) is 0 Å². The van der Waals surface area contributed by atoms with Gasteiger partial charge < -0.3 is 20.1 Å². The molecule has 0 atom stereocenters. The summed E-state index contributed by atoms with van der Waals surface area (Å²) in [4.78, 5) is 60.0. The smallest absolute Gasteiger partial charge is 0.343 e. The predicted octanol–water partition coefficient (Wildman–Crippen LogP) is 2.49. The highest BCUT2D eigenvalue weighted by atomic mass is 16.5. The minimum atomic E-state index is -0.810. The fourth-order valence-electron chi connectivity index (χ4n) is 2.93. The third-order valence-electron chi connectivity index (χ3n) is 4.91. The zero-order chi connectivity index (χ0) is 25.9. The summed E-state index contributed by atoms with van der Waals surface area (Å²) >= 11 is 0. The number of ketones is 1. The molecule has 36 heavy (non-hydrogen) atoms. The van der Waals surface area contributed by atoms with E-state index in [1.165, 1.54) is 24.3 Å². The summed E-state index contributed by atoms with van der Waals surface area (Å²) in [6.07, 6.45) is 0. The van der Waals surface area contributed by atoms with Crippen LogP contribution in [0.15, 0.2) is 78.9 Å². The summed E-state index contributed by atoms with van der Waals surface area (Å²) in [7, 11) is 0. The van der Waals surface area contributed by atoms with E-state index in [4.69, 9.17) is 9.47 Å². The van der Waals surface area contributed by atoms with Crippen LogP contribution in [0, 0.1) is 6.92 Å². The maximum Gasteiger partial charge on any atom is 0.343 e. The quantitative estimate of drug-likeness (QED) is 0.255. The molecule has 0 spiro atoms. The molecule has 0 saturated heterocycles. The molecule has 2 N–H and O–H groups in total. The maximum atomic E-state index is 12.3. The molecule has 0 unspecified atom stereocenters. The summed E-state index contributed by atoms with van der Waals surface area (Å²) in [6, 6.07) is 21.1. The number of carbonyl (C=O) groups is 5. The largest absolute Gasteiger partial charge is 0.456 e. The molecule has 184 valence electrons. The number of aryl methyl sites for hydroxylation is 1. The summed E-state index contributed by atoms with van der Waals surface area (Å²) in [6.45, 7) is 0.608. The lowest BCUT2D eigenvalue weighted by molar-refractivity contribution is -0.142. The predicted molar refractivity (Wildman–Crippen MR) is 130 cm³/mol. The molecule has 3 rings (SSSR count). The van der Waals surface area contributed by atoms with Crippen LogP contribution in [0.25, 0.3) is 0 Å². The number of esters is 2. The van der Waals surface area contributed by atoms with Gasteiger partial charge in [-0.25, -0.2) is 4.79 Å². The van der Waals surface area contributed by atoms with Crippen LogP contribution in [0.2, 0.25) is 0 Å². The SMILES string of the molecule is Cc1ccc(C(=O)Oc2ccc(C(=O)COC(=O)CNC(=O)CNC(=O)c3ccccc3)cc2)cc1. The van der Waals surface area contributed by atoms with Crippen LogP contribution < -0.4 is 15.4 Å². The molecule has 0 aliphatic heterocycles. The average molecular weight is 488 g/mol. The Labute approximate surface area is 207 Å². The van der Waals surface area contributed by atoms with Crippen molar-refractivity contribution in [3.05, 3.63) is 101 Å². The van der Waals surface area contributed by atoms with Crippen molar-refractivity contribution in [3.63, 3.8) is 0 Å². The number of hydrogen-bond acceptors (Lipinski definition) is 7. The topological polar surface area (TPSA) is 128 Å². The fourth-order valence-corrected chi connectivity index (χ4v) is 2.93. The molecular formula is C27H24N2O7. The van der Waals surface area contributed by atoms with Crippen molar-refractivity contribution in [1.29, 1.82) is 0 Å². The Morgan fingerprint density at radius 2 is 1.33 bits per heavy atom. The van der Waals surface area contributed by atoms with E-state index >= 15 is 0 Å². The highest BCUT2D eigenvalue weighted by molar-refractivity contribution is 5.99. The maximum absolute atomic E-state index is 12.3. The van der Waals surface area contributed by atoms with Crippen LogP contribution in [0.3, 0.4) is 0 Å². The van der Waals surface area contributed by atoms with Crippen molar-refractivity contribution in [2.45, 2.75) is 6.92 Å². The van der Waals surface area contributed by atoms with Gasteiger partial charge in [0.2, 0.25) is 5.91 Å². The van der Waals surface area contributed by atoms with Crippen molar-refractivity contribution in [2.24, 2.45) is 0 Å². The zero-order valence-electron chi connectivity index (χ0n) is 19.5. The van der Waals surface area contributed by atoms with E-state index in [0.29, 0.717) is 11.1 Å². The molecule has 0 aromatic heterocycles. The van der Waals surface area contributed by atoms with E-state index in [0.717, 1.165) is 5.56 Å². The van der Waals surface area contributed by atoms with Gasteiger partial charge in [-0.3, -0.25) is 19.2 Å². The molecule has 3 aromatic carbocycles. The molecule has 0 aliphatic rings. The minimum absolute atomic E-state index is 0.255. The van der Waals surface area contributed by atoms with Gasteiger partial charge in [0.25, 0.3) is 5.91 Å². The summed E-state index contributed by atoms with van der Waals surface area (Å²) in [5, 5.41) is 4.74. The van der Waals surface area contributed by atoms with Crippen LogP contribution in [-0.2, 0) is 14.3 Å². The van der Waals surface area contributed by atoms with E-state index < -0.39 is 42.7 Å². The third kappa shape index (κ3) is 7.91. The molecular weight excluding hydrogens is 464 g/mol. The van der Waals surface area contributed by atoms with E-state index in [1.54, 1.807) is 54.6 Å². The number of carbonyl (C=O) groups excluding carboxylic acids is 5. The highest BCUT2D eigenvalue weighted by Crippen LogP contribution is 2.15. The van der Waals surface area contributed by atoms with Gasteiger partial charge in [-0.05, 0) is 55.5 Å². The standard InChI is InChI=1S/C27H24N2O7/c1-18-7-9-21(10-8-18)27(34)36-22-13-11-19(12-14-22)23(30)17-35-25(32)16-28-24(31)15-29-26(33)20-5-3-2-4-6-20/h2-14H,15-17H2,1H3,(H,28,31)(H,29,33). The van der Waals surface area contributed by atoms with E-state index in [9.17, 15) is 24.0 Å². The van der Waals surface area contributed by atoms with Gasteiger partial charge in [-0.1, -0.05) is 35.9 Å². The Kier molecular flexibility index (Phi) is 9.05. The molecule has 9 heteroatoms. The second kappa shape index (κ2) is 12.6. The molecule has 0 fully saturated rings. The number of nitrogens with one attached hydrogen (secondary N) is 2. The number of ether oxygens (including phenoxy) is 2. The summed E-state index contributed by atoms with van der Waals surface area (Å²) < 4.78 is 10.2. The van der Waals surface area contributed by atoms with Gasteiger partial charge in [0.15, 0.2) is 12.4 Å². The van der Waals surface area contributed by atoms with Crippen molar-refractivity contribution in [1.82, 2.24) is 10.6 Å². The van der Waals surface area contributed by atoms with Gasteiger partial charge in [-0.15, -0.1) is 0 Å². The highest BCUT2D eigenvalue weighted by Gasteiger charge is 2.13. The lowest BCUT2D eigenvalue weighted by Crippen LogP contribution is -2.39. The first kappa shape index (κ1) is 25.8. The molecule has 3 aromatic rings. The molecule has 0 aliphatic carbocycles. The second-order valence-electron chi connectivity index (χ2n) is 7.69. The van der Waals surface area contributed by atoms with Crippen molar-refractivity contribution in [3.8, 4) is 5.75 Å². The Bertz CT molecular complexity index is 1240. The van der Waals surface area contributed by atoms with Gasteiger partial charge in [0, 0.05) is 11.1 Å². The molecule has 0 saturated carbocycles. The van der Waals surface area contributed by atoms with E-state index in [2.05, 4.69) is 10.6 Å². The van der Waals surface area contributed by atoms with Crippen molar-refractivity contribution < 1.29 is 33.4 Å². The Hall–Kier alpha value is -4.79. The van der Waals surface area contributed by atoms with Crippen LogP contribution in [-0.4, -0.2) is 49.2 Å². The number of Topliss-reactive ketones (excluding diaryl/α,β-unsaturated/α-hetero) is 1. The molecule has 0 bridgehead atoms. The van der Waals surface area contributed by atoms with Gasteiger partial charge >= 0.3 is 11.9 Å². The Balaban J connectivity index is 1.37. The Morgan fingerprint density at radius 1 is 0.694 bits per heavy atom. The van der Waals surface area contributed by atoms with E-state index in [1.807, 2.05) is 6.92 Å². The molecule has 2 amide bonds. The van der Waals surface area contributed by atoms with Crippen LogP contribution >= 0.6 is 0 Å². The summed E-state index contributed by atoms with van der Waals surface area (Å²) in [5.74, 6) is -2.55. The van der Waals surface area contributed by atoms with Crippen LogP contribution in [0.1, 0.15) is 36.6 Å². The zero-order valence-corrected chi connectivity index (χ0v) is 19.5. The second-order valence-corrected chi connectivity index (χ2v) is 7.69. The first-order valence-electron chi connectivity index (χ1n) is 11.0. The molecule has 0 radical (unpaired) electrons. The van der Waals surface area contributed by atoms with Crippen LogP contribution in [0.4, 0.5) is 0 Å². The Morgan fingerprint density at radius 3 is 2.00 bits per heavy atom. The molecule has 9 nitrogen and oxygen atoms in total. The normalized spacial score (nSPS) is 10.1. The van der Waals surface area contributed by atoms with Crippen LogP contribution in [0.5, 0.6) is 5.75 Å². The van der Waals surface area contributed by atoms with Crippen molar-refractivity contribution >= 4 is 29.5 Å². The van der Waals surface area contributed by atoms with Gasteiger partial charge in [0.1, 0.15) is 12.3 Å². The first-order chi connectivity index (χ1) is 17.3. The van der Waals surface area contributed by atoms with E-state index in [-0.39, 0.29) is 17.9 Å². The van der Waals surface area contributed by atoms with Gasteiger partial charge in [0.05, 0.1) is 12.1 Å². The lowest BCUT2D eigenvalue weighted by atomic mass is 10.1. The van der Waals surface area contributed by atoms with Crippen molar-refractivity contribution in [2.75, 3.05) is 19.7 Å². The molecule has 0 heterocycles. The monoisotopic (exact) mass is 488 g/mol. The fraction of sp³-hybridized carbons (Fsp3) is 0.148. The number of rotatable bonds is 10. The number of amides is 2. The first-order valence-corrected chi connectivity index (χ1v) is 11.0. The lowest BCUT2D eigenvalue weighted by Gasteiger charge is -2.08. The average Bonchev–Trinajstić information content (AvgIpc) is 2.90. The summed E-state index contributed by atoms with van der Waals surface area (Å²) in [5.41, 5.74) is 2.08. The minimum Gasteiger partial charge on any atom is -0.456 e. The number of hydrogen-bond donors (Lipinski definition) is 2.